The third kappa shape index (κ3) is 2.64. The minimum atomic E-state index is -1.24. The van der Waals surface area contributed by atoms with Gasteiger partial charge in [0.2, 0.25) is 5.91 Å². The molecule has 1 N–H and O–H groups in total. The molecule has 0 spiro atoms. The van der Waals surface area contributed by atoms with Crippen molar-refractivity contribution in [2.75, 3.05) is 19.6 Å². The number of nitrogens with zero attached hydrogens (tertiary/aromatic N) is 2. The van der Waals surface area contributed by atoms with Crippen molar-refractivity contribution in [2.45, 2.75) is 31.7 Å². The lowest BCUT2D eigenvalue weighted by Crippen LogP contribution is -2.45. The van der Waals surface area contributed by atoms with Gasteiger partial charge in [0, 0.05) is 13.1 Å². The van der Waals surface area contributed by atoms with Crippen LogP contribution in [-0.2, 0) is 15.1 Å². The molecule has 2 aliphatic rings. The van der Waals surface area contributed by atoms with Crippen LogP contribution in [0.3, 0.4) is 0 Å². The normalized spacial score (nSPS) is 23.8. The Labute approximate surface area is 139 Å². The fraction of sp³-hybridized carbons (Fsp3) is 0.471. The number of benzene rings is 1. The zero-order valence-corrected chi connectivity index (χ0v) is 13.5. The number of amides is 4. The van der Waals surface area contributed by atoms with Crippen LogP contribution in [0.5, 0.6) is 0 Å². The van der Waals surface area contributed by atoms with E-state index < -0.39 is 23.3 Å². The summed E-state index contributed by atoms with van der Waals surface area (Å²) in [5.41, 5.74) is -0.725. The van der Waals surface area contributed by atoms with Gasteiger partial charge in [0.1, 0.15) is 17.9 Å². The maximum absolute atomic E-state index is 13.2. The Morgan fingerprint density at radius 3 is 2.42 bits per heavy atom. The minimum Gasteiger partial charge on any atom is -0.341 e. The Bertz CT molecular complexity index is 670. The fourth-order valence-corrected chi connectivity index (χ4v) is 3.35. The van der Waals surface area contributed by atoms with Gasteiger partial charge in [0.15, 0.2) is 0 Å². The molecule has 1 aromatic rings. The summed E-state index contributed by atoms with van der Waals surface area (Å²) in [6.07, 6.45) is 2.21. The number of likely N-dealkylation sites (tertiary alicyclic amines) is 1. The van der Waals surface area contributed by atoms with Crippen LogP contribution in [0.2, 0.25) is 0 Å². The van der Waals surface area contributed by atoms with Crippen LogP contribution in [0.4, 0.5) is 9.18 Å². The Morgan fingerprint density at radius 1 is 1.21 bits per heavy atom. The average Bonchev–Trinajstić information content (AvgIpc) is 3.19. The molecule has 3 rings (SSSR count). The smallest absolute Gasteiger partial charge is 0.325 e. The topological polar surface area (TPSA) is 69.7 Å². The molecule has 128 valence electrons. The summed E-state index contributed by atoms with van der Waals surface area (Å²) >= 11 is 0. The second-order valence-electron chi connectivity index (χ2n) is 6.18. The SMILES string of the molecule is CCC1(c2ccc(F)cc2)NC(=O)N(CC(=O)N2CCCC2)C1=O. The molecule has 2 saturated heterocycles. The highest BCUT2D eigenvalue weighted by Crippen LogP contribution is 2.32. The summed E-state index contributed by atoms with van der Waals surface area (Å²) in [6, 6.07) is 4.90. The lowest BCUT2D eigenvalue weighted by Gasteiger charge is -2.26. The Morgan fingerprint density at radius 2 is 1.83 bits per heavy atom. The van der Waals surface area contributed by atoms with Gasteiger partial charge in [-0.3, -0.25) is 14.5 Å². The van der Waals surface area contributed by atoms with E-state index in [2.05, 4.69) is 5.32 Å². The zero-order valence-electron chi connectivity index (χ0n) is 13.5. The molecule has 0 aliphatic carbocycles. The molecule has 7 heteroatoms. The molecule has 1 unspecified atom stereocenters. The number of rotatable bonds is 4. The van der Waals surface area contributed by atoms with Gasteiger partial charge in [-0.15, -0.1) is 0 Å². The molecular formula is C17H20FN3O3. The van der Waals surface area contributed by atoms with Crippen molar-refractivity contribution < 1.29 is 18.8 Å². The van der Waals surface area contributed by atoms with E-state index in [0.717, 1.165) is 17.7 Å². The predicted octanol–water partition coefficient (Wildman–Crippen LogP) is 1.61. The lowest BCUT2D eigenvalue weighted by atomic mass is 9.87. The van der Waals surface area contributed by atoms with E-state index in [1.165, 1.54) is 24.3 Å². The molecule has 2 heterocycles. The molecule has 0 bridgehead atoms. The first-order chi connectivity index (χ1) is 11.5. The number of carbonyl (C=O) groups excluding carboxylic acids is 3. The number of nitrogens with one attached hydrogen (secondary N) is 1. The lowest BCUT2D eigenvalue weighted by molar-refractivity contribution is -0.138. The molecule has 2 aliphatic heterocycles. The summed E-state index contributed by atoms with van der Waals surface area (Å²) in [5.74, 6) is -1.10. The van der Waals surface area contributed by atoms with Crippen molar-refractivity contribution in [2.24, 2.45) is 0 Å². The van der Waals surface area contributed by atoms with Crippen LogP contribution in [0, 0.1) is 5.82 Å². The number of hydrogen-bond donors (Lipinski definition) is 1. The summed E-state index contributed by atoms with van der Waals surface area (Å²) < 4.78 is 13.2. The quantitative estimate of drug-likeness (QED) is 0.851. The molecule has 1 atom stereocenters. The molecule has 0 radical (unpaired) electrons. The van der Waals surface area contributed by atoms with Crippen LogP contribution < -0.4 is 5.32 Å². The second-order valence-corrected chi connectivity index (χ2v) is 6.18. The van der Waals surface area contributed by atoms with E-state index in [-0.39, 0.29) is 12.5 Å². The van der Waals surface area contributed by atoms with E-state index in [1.54, 1.807) is 11.8 Å². The van der Waals surface area contributed by atoms with Gasteiger partial charge >= 0.3 is 6.03 Å². The first-order valence-electron chi connectivity index (χ1n) is 8.16. The molecular weight excluding hydrogens is 313 g/mol. The van der Waals surface area contributed by atoms with E-state index in [0.29, 0.717) is 25.1 Å². The molecule has 1 aromatic carbocycles. The zero-order chi connectivity index (χ0) is 17.3. The number of carbonyl (C=O) groups is 3. The molecule has 0 saturated carbocycles. The van der Waals surface area contributed by atoms with Gasteiger partial charge in [0.05, 0.1) is 0 Å². The summed E-state index contributed by atoms with van der Waals surface area (Å²) in [5, 5.41) is 2.69. The van der Waals surface area contributed by atoms with Crippen LogP contribution in [0.1, 0.15) is 31.7 Å². The number of urea groups is 1. The van der Waals surface area contributed by atoms with E-state index in [1.807, 2.05) is 0 Å². The van der Waals surface area contributed by atoms with E-state index in [4.69, 9.17) is 0 Å². The maximum Gasteiger partial charge on any atom is 0.325 e. The van der Waals surface area contributed by atoms with Crippen LogP contribution in [0.25, 0.3) is 0 Å². The fourth-order valence-electron chi connectivity index (χ4n) is 3.35. The third-order valence-electron chi connectivity index (χ3n) is 4.80. The standard InChI is InChI=1S/C17H20FN3O3/c1-2-17(12-5-7-13(18)8-6-12)15(23)21(16(24)19-17)11-14(22)20-9-3-4-10-20/h5-8H,2-4,9-11H2,1H3,(H,19,24). The summed E-state index contributed by atoms with van der Waals surface area (Å²) in [7, 11) is 0. The van der Waals surface area contributed by atoms with Gasteiger partial charge in [0.25, 0.3) is 5.91 Å². The Kier molecular flexibility index (Phi) is 4.26. The minimum absolute atomic E-state index is 0.220. The predicted molar refractivity (Wildman–Crippen MR) is 84.4 cm³/mol. The average molecular weight is 333 g/mol. The van der Waals surface area contributed by atoms with Crippen molar-refractivity contribution in [3.8, 4) is 0 Å². The van der Waals surface area contributed by atoms with Crippen molar-refractivity contribution in [1.82, 2.24) is 15.1 Å². The number of imide groups is 1. The van der Waals surface area contributed by atoms with Gasteiger partial charge in [-0.05, 0) is 37.0 Å². The van der Waals surface area contributed by atoms with Crippen molar-refractivity contribution in [1.29, 1.82) is 0 Å². The highest BCUT2D eigenvalue weighted by molar-refractivity contribution is 6.09. The van der Waals surface area contributed by atoms with E-state index >= 15 is 0 Å². The highest BCUT2D eigenvalue weighted by Gasteiger charge is 2.51. The monoisotopic (exact) mass is 333 g/mol. The molecule has 4 amide bonds. The maximum atomic E-state index is 13.2. The Balaban J connectivity index is 1.83. The summed E-state index contributed by atoms with van der Waals surface area (Å²) in [6.45, 7) is 2.85. The summed E-state index contributed by atoms with van der Waals surface area (Å²) in [4.78, 5) is 40.1. The van der Waals surface area contributed by atoms with Crippen LogP contribution in [-0.4, -0.2) is 47.3 Å². The first-order valence-corrected chi connectivity index (χ1v) is 8.16. The molecule has 6 nitrogen and oxygen atoms in total. The van der Waals surface area contributed by atoms with E-state index in [9.17, 15) is 18.8 Å². The van der Waals surface area contributed by atoms with Crippen molar-refractivity contribution in [3.63, 3.8) is 0 Å². The number of halogens is 1. The Hall–Kier alpha value is -2.44. The first kappa shape index (κ1) is 16.4. The van der Waals surface area contributed by atoms with Crippen molar-refractivity contribution in [3.05, 3.63) is 35.6 Å². The highest BCUT2D eigenvalue weighted by atomic mass is 19.1. The van der Waals surface area contributed by atoms with Crippen LogP contribution >= 0.6 is 0 Å². The molecule has 24 heavy (non-hydrogen) atoms. The molecule has 2 fully saturated rings. The van der Waals surface area contributed by atoms with Gasteiger partial charge in [-0.1, -0.05) is 19.1 Å². The van der Waals surface area contributed by atoms with Gasteiger partial charge < -0.3 is 10.2 Å². The number of hydrogen-bond acceptors (Lipinski definition) is 3. The molecule has 0 aromatic heterocycles. The van der Waals surface area contributed by atoms with Gasteiger partial charge in [-0.25, -0.2) is 9.18 Å². The largest absolute Gasteiger partial charge is 0.341 e. The second kappa shape index (κ2) is 6.22. The third-order valence-corrected chi connectivity index (χ3v) is 4.80. The van der Waals surface area contributed by atoms with Crippen LogP contribution in [0.15, 0.2) is 24.3 Å². The van der Waals surface area contributed by atoms with Gasteiger partial charge in [-0.2, -0.15) is 0 Å². The van der Waals surface area contributed by atoms with Crippen molar-refractivity contribution >= 4 is 17.8 Å².